The third-order valence-corrected chi connectivity index (χ3v) is 7.23. The van der Waals surface area contributed by atoms with E-state index >= 15 is 0 Å². The number of carboxylic acids is 2. The predicted octanol–water partition coefficient (Wildman–Crippen LogP) is -0.643. The lowest BCUT2D eigenvalue weighted by atomic mass is 10.3. The topological polar surface area (TPSA) is 341 Å². The molecule has 0 fully saturated rings. The number of thiazole rings is 2. The van der Waals surface area contributed by atoms with Gasteiger partial charge in [0.25, 0.3) is 11.8 Å². The van der Waals surface area contributed by atoms with Gasteiger partial charge in [-0.3, -0.25) is 39.6 Å². The second kappa shape index (κ2) is 21.6. The number of nitrogens with one attached hydrogen (secondary N) is 8. The summed E-state index contributed by atoms with van der Waals surface area (Å²) in [5.74, 6) is -3.97. The maximum absolute atomic E-state index is 12.0. The first-order valence-electron chi connectivity index (χ1n) is 13.3. The molecule has 0 aliphatic rings. The number of aryl methyl sites for hydroxylation is 2. The molecule has 0 aromatic carbocycles. The Morgan fingerprint density at radius 3 is 1.26 bits per heavy atom. The van der Waals surface area contributed by atoms with Crippen LogP contribution in [-0.4, -0.2) is 93.8 Å². The summed E-state index contributed by atoms with van der Waals surface area (Å²) in [6.45, 7) is 3.63. The molecule has 0 bridgehead atoms. The summed E-state index contributed by atoms with van der Waals surface area (Å²) in [7, 11) is 0. The molecule has 0 spiro atoms. The number of halogens is 1. The standard InChI is InChI=1S/2C12H18N6O4S.ClH/c2*1-6-9(23-12(17-6)18-11(13)14)10(22)16-4-2-7(19)15-5-3-8(20)21;/h2*2-5H2,1H3,(H,15,19)(H,16,22)(H,20,21)(H4,13,14,17,18);1H. The molecule has 0 saturated carbocycles. The molecule has 0 aliphatic carbocycles. The molecule has 0 atom stereocenters. The number of amides is 4. The number of nitrogens with zero attached hydrogens (tertiary/aromatic N) is 2. The van der Waals surface area contributed by atoms with Gasteiger partial charge in [-0.05, 0) is 13.8 Å². The molecule has 260 valence electrons. The van der Waals surface area contributed by atoms with Gasteiger partial charge >= 0.3 is 11.9 Å². The molecule has 2 heterocycles. The molecule has 2 aromatic heterocycles. The fourth-order valence-corrected chi connectivity index (χ4v) is 4.88. The minimum atomic E-state index is -0.991. The third-order valence-electron chi connectivity index (χ3n) is 5.09. The van der Waals surface area contributed by atoms with Crippen molar-refractivity contribution >= 4 is 92.8 Å². The average Bonchev–Trinajstić information content (AvgIpc) is 3.48. The first-order valence-corrected chi connectivity index (χ1v) is 14.9. The van der Waals surface area contributed by atoms with Crippen LogP contribution in [0.2, 0.25) is 0 Å². The van der Waals surface area contributed by atoms with Crippen LogP contribution in [0.4, 0.5) is 10.3 Å². The second-order valence-corrected chi connectivity index (χ2v) is 10.9. The van der Waals surface area contributed by atoms with E-state index in [9.17, 15) is 28.8 Å². The highest BCUT2D eigenvalue weighted by atomic mass is 35.5. The molecular weight excluding hydrogens is 684 g/mol. The van der Waals surface area contributed by atoms with Gasteiger partial charge in [-0.1, -0.05) is 22.7 Å². The number of carbonyl (C=O) groups excluding carboxylic acids is 4. The lowest BCUT2D eigenvalue weighted by molar-refractivity contribution is -0.138. The number of hydrogen-bond acceptors (Lipinski definition) is 12. The van der Waals surface area contributed by atoms with E-state index < -0.39 is 11.9 Å². The third kappa shape index (κ3) is 17.8. The number of anilines is 2. The Hall–Kier alpha value is -5.09. The van der Waals surface area contributed by atoms with E-state index in [0.717, 1.165) is 22.7 Å². The molecule has 14 N–H and O–H groups in total. The molecule has 23 heteroatoms. The van der Waals surface area contributed by atoms with Crippen LogP contribution in [0.15, 0.2) is 0 Å². The van der Waals surface area contributed by atoms with Crippen LogP contribution in [-0.2, 0) is 19.2 Å². The van der Waals surface area contributed by atoms with Gasteiger partial charge in [0.05, 0.1) is 24.2 Å². The summed E-state index contributed by atoms with van der Waals surface area (Å²) in [6, 6.07) is 0. The number of hydrogen-bond donors (Lipinski definition) is 12. The van der Waals surface area contributed by atoms with Crippen molar-refractivity contribution in [3.8, 4) is 0 Å². The summed E-state index contributed by atoms with van der Waals surface area (Å²) in [6.07, 6.45) is -0.211. The first-order chi connectivity index (χ1) is 21.6. The highest BCUT2D eigenvalue weighted by molar-refractivity contribution is 7.18. The molecule has 2 aromatic rings. The monoisotopic (exact) mass is 720 g/mol. The zero-order valence-electron chi connectivity index (χ0n) is 25.3. The van der Waals surface area contributed by atoms with E-state index in [1.165, 1.54) is 0 Å². The van der Waals surface area contributed by atoms with Crippen molar-refractivity contribution in [2.24, 2.45) is 11.5 Å². The van der Waals surface area contributed by atoms with E-state index in [1.807, 2.05) is 0 Å². The second-order valence-electron chi connectivity index (χ2n) is 8.94. The van der Waals surface area contributed by atoms with Gasteiger partial charge in [0, 0.05) is 39.0 Å². The highest BCUT2D eigenvalue weighted by Gasteiger charge is 2.17. The lowest BCUT2D eigenvalue weighted by Gasteiger charge is -2.05. The normalized spacial score (nSPS) is 9.74. The van der Waals surface area contributed by atoms with Crippen molar-refractivity contribution in [1.29, 1.82) is 10.8 Å². The summed E-state index contributed by atoms with van der Waals surface area (Å²) >= 11 is 2.10. The van der Waals surface area contributed by atoms with Gasteiger partial charge in [0.2, 0.25) is 11.8 Å². The average molecular weight is 721 g/mol. The van der Waals surface area contributed by atoms with Crippen molar-refractivity contribution in [2.45, 2.75) is 39.5 Å². The Morgan fingerprint density at radius 1 is 0.638 bits per heavy atom. The number of carboxylic acid groups (broad SMARTS) is 2. The molecule has 4 amide bonds. The first kappa shape index (κ1) is 41.9. The minimum Gasteiger partial charge on any atom is -0.481 e. The van der Waals surface area contributed by atoms with Crippen LogP contribution >= 0.6 is 35.1 Å². The largest absolute Gasteiger partial charge is 0.481 e. The molecule has 2 rings (SSSR count). The molecule has 0 aliphatic heterocycles. The Labute approximate surface area is 282 Å². The van der Waals surface area contributed by atoms with Gasteiger partial charge in [0.1, 0.15) is 9.75 Å². The van der Waals surface area contributed by atoms with E-state index in [2.05, 4.69) is 41.9 Å². The maximum atomic E-state index is 12.0. The highest BCUT2D eigenvalue weighted by Crippen LogP contribution is 2.23. The van der Waals surface area contributed by atoms with E-state index in [-0.39, 0.29) is 99.8 Å². The van der Waals surface area contributed by atoms with Crippen molar-refractivity contribution in [2.75, 3.05) is 36.8 Å². The number of guanidine groups is 2. The number of carbonyl (C=O) groups is 6. The number of aliphatic carboxylic acids is 2. The lowest BCUT2D eigenvalue weighted by Crippen LogP contribution is -2.31. The quantitative estimate of drug-likeness (QED) is 0.0758. The summed E-state index contributed by atoms with van der Waals surface area (Å²) in [4.78, 5) is 76.3. The minimum absolute atomic E-state index is 0. The van der Waals surface area contributed by atoms with E-state index in [0.29, 0.717) is 31.4 Å². The van der Waals surface area contributed by atoms with Crippen molar-refractivity contribution < 1.29 is 39.0 Å². The fourth-order valence-electron chi connectivity index (χ4n) is 3.09. The molecule has 20 nitrogen and oxygen atoms in total. The van der Waals surface area contributed by atoms with Gasteiger partial charge in [0.15, 0.2) is 22.2 Å². The van der Waals surface area contributed by atoms with Crippen molar-refractivity contribution in [3.05, 3.63) is 21.1 Å². The Morgan fingerprint density at radius 2 is 0.957 bits per heavy atom. The number of rotatable bonds is 16. The predicted molar refractivity (Wildman–Crippen MR) is 176 cm³/mol. The molecular formula is C24H37ClN12O8S2. The molecule has 47 heavy (non-hydrogen) atoms. The van der Waals surface area contributed by atoms with Gasteiger partial charge in [-0.15, -0.1) is 12.4 Å². The molecule has 0 saturated heterocycles. The Bertz CT molecular complexity index is 1340. The van der Waals surface area contributed by atoms with Crippen molar-refractivity contribution in [3.63, 3.8) is 0 Å². The maximum Gasteiger partial charge on any atom is 0.305 e. The molecule has 0 unspecified atom stereocenters. The van der Waals surface area contributed by atoms with Gasteiger partial charge < -0.3 is 53.6 Å². The van der Waals surface area contributed by atoms with Crippen molar-refractivity contribution in [1.82, 2.24) is 31.2 Å². The Balaban J connectivity index is 0.000000882. The number of nitrogens with two attached hydrogens (primary N) is 2. The van der Waals surface area contributed by atoms with Crippen LogP contribution in [0.5, 0.6) is 0 Å². The van der Waals surface area contributed by atoms with Gasteiger partial charge in [-0.2, -0.15) is 0 Å². The fraction of sp³-hybridized carbons (Fsp3) is 0.417. The zero-order valence-corrected chi connectivity index (χ0v) is 27.7. The van der Waals surface area contributed by atoms with Crippen LogP contribution in [0.1, 0.15) is 56.4 Å². The van der Waals surface area contributed by atoms with E-state index in [4.69, 9.17) is 32.5 Å². The van der Waals surface area contributed by atoms with Crippen LogP contribution in [0, 0.1) is 24.7 Å². The van der Waals surface area contributed by atoms with E-state index in [1.54, 1.807) is 13.8 Å². The summed E-state index contributed by atoms with van der Waals surface area (Å²) in [5, 5.41) is 46.8. The smallest absolute Gasteiger partial charge is 0.305 e. The van der Waals surface area contributed by atoms with Gasteiger partial charge in [-0.25, -0.2) is 9.97 Å². The summed E-state index contributed by atoms with van der Waals surface area (Å²) < 4.78 is 0. The molecule has 0 radical (unpaired) electrons. The van der Waals surface area contributed by atoms with Crippen LogP contribution < -0.4 is 43.4 Å². The SMILES string of the molecule is Cc1nc(NC(=N)N)sc1C(=O)NCCC(=O)NCCC(=O)O.Cc1nc(NC(=N)N)sc1C(=O)NCCC(=O)NCCC(=O)O.Cl. The summed E-state index contributed by atoms with van der Waals surface area (Å²) in [5.41, 5.74) is 11.4. The zero-order chi connectivity index (χ0) is 34.8. The Kier molecular flexibility index (Phi) is 19.3. The van der Waals surface area contributed by atoms with Crippen LogP contribution in [0.25, 0.3) is 0 Å². The van der Waals surface area contributed by atoms with Crippen LogP contribution in [0.3, 0.4) is 0 Å². The number of aromatic nitrogens is 2.